The van der Waals surface area contributed by atoms with Gasteiger partial charge in [-0.2, -0.15) is 0 Å². The maximum Gasteiger partial charge on any atom is 0.128 e. The summed E-state index contributed by atoms with van der Waals surface area (Å²) < 4.78 is 11.7. The lowest BCUT2D eigenvalue weighted by Gasteiger charge is -2.40. The van der Waals surface area contributed by atoms with Crippen LogP contribution in [0.25, 0.3) is 0 Å². The Morgan fingerprint density at radius 2 is 1.89 bits per heavy atom. The van der Waals surface area contributed by atoms with Crippen molar-refractivity contribution in [3.05, 3.63) is 28.3 Å². The van der Waals surface area contributed by atoms with Gasteiger partial charge in [0.25, 0.3) is 0 Å². The Morgan fingerprint density at radius 3 is 2.42 bits per heavy atom. The highest BCUT2D eigenvalue weighted by Crippen LogP contribution is 2.34. The zero-order chi connectivity index (χ0) is 14.0. The Kier molecular flexibility index (Phi) is 4.99. The topological polar surface area (TPSA) is 18.5 Å². The monoisotopic (exact) mass is 302 g/mol. The molecule has 0 N–H and O–H groups in total. The van der Waals surface area contributed by atoms with Gasteiger partial charge >= 0.3 is 0 Å². The molecule has 0 saturated heterocycles. The molecular formula is C15H20Cl2O2. The lowest BCUT2D eigenvalue weighted by molar-refractivity contribution is -0.0798. The second kappa shape index (κ2) is 6.34. The van der Waals surface area contributed by atoms with Crippen molar-refractivity contribution in [3.8, 4) is 5.75 Å². The molecule has 3 atom stereocenters. The van der Waals surface area contributed by atoms with Crippen LogP contribution in [0.1, 0.15) is 30.9 Å². The van der Waals surface area contributed by atoms with Gasteiger partial charge in [-0.25, -0.2) is 0 Å². The van der Waals surface area contributed by atoms with Crippen LogP contribution in [-0.4, -0.2) is 24.2 Å². The van der Waals surface area contributed by atoms with Gasteiger partial charge < -0.3 is 9.47 Å². The molecule has 1 aliphatic carbocycles. The van der Waals surface area contributed by atoms with Crippen LogP contribution < -0.4 is 4.74 Å². The van der Waals surface area contributed by atoms with E-state index < -0.39 is 0 Å². The Balaban J connectivity index is 2.01. The summed E-state index contributed by atoms with van der Waals surface area (Å²) in [5.41, 5.74) is 2.06. The molecule has 0 aromatic heterocycles. The van der Waals surface area contributed by atoms with E-state index in [-0.39, 0.29) is 17.6 Å². The van der Waals surface area contributed by atoms with E-state index in [1.807, 2.05) is 26.0 Å². The van der Waals surface area contributed by atoms with E-state index in [0.29, 0.717) is 0 Å². The normalized spacial score (nSPS) is 26.1. The fourth-order valence-corrected chi connectivity index (χ4v) is 2.78. The number of benzene rings is 1. The SMILES string of the molecule is CCCOC1C(Cl)CC1Oc1cc(C)c(Cl)c(C)c1. The Hall–Kier alpha value is -0.440. The van der Waals surface area contributed by atoms with Crippen LogP contribution in [0.15, 0.2) is 12.1 Å². The first-order valence-corrected chi connectivity index (χ1v) is 7.53. The van der Waals surface area contributed by atoms with E-state index in [0.717, 1.165) is 41.3 Å². The summed E-state index contributed by atoms with van der Waals surface area (Å²) in [6, 6.07) is 3.93. The number of hydrogen-bond donors (Lipinski definition) is 0. The van der Waals surface area contributed by atoms with Crippen molar-refractivity contribution in [3.63, 3.8) is 0 Å². The standard InChI is InChI=1S/C15H20Cl2O2/c1-4-5-18-15-12(16)8-13(15)19-11-6-9(2)14(17)10(3)7-11/h6-7,12-13,15H,4-5,8H2,1-3H3. The van der Waals surface area contributed by atoms with Crippen molar-refractivity contribution < 1.29 is 9.47 Å². The molecule has 2 rings (SSSR count). The van der Waals surface area contributed by atoms with Crippen LogP contribution >= 0.6 is 23.2 Å². The summed E-state index contributed by atoms with van der Waals surface area (Å²) in [7, 11) is 0. The van der Waals surface area contributed by atoms with E-state index in [1.54, 1.807) is 0 Å². The number of halogens is 2. The van der Waals surface area contributed by atoms with E-state index >= 15 is 0 Å². The van der Waals surface area contributed by atoms with Crippen molar-refractivity contribution in [1.29, 1.82) is 0 Å². The second-order valence-corrected chi connectivity index (χ2v) is 6.05. The van der Waals surface area contributed by atoms with Crippen LogP contribution in [0.2, 0.25) is 5.02 Å². The minimum Gasteiger partial charge on any atom is -0.488 e. The summed E-state index contributed by atoms with van der Waals surface area (Å²) in [5.74, 6) is 0.845. The average molecular weight is 303 g/mol. The first kappa shape index (κ1) is 15.0. The molecule has 0 amide bonds. The molecule has 0 heterocycles. The fourth-order valence-electron chi connectivity index (χ4n) is 2.26. The fraction of sp³-hybridized carbons (Fsp3) is 0.600. The predicted molar refractivity (Wildman–Crippen MR) is 79.6 cm³/mol. The first-order valence-electron chi connectivity index (χ1n) is 6.72. The van der Waals surface area contributed by atoms with Gasteiger partial charge in [-0.05, 0) is 43.5 Å². The maximum absolute atomic E-state index is 6.17. The summed E-state index contributed by atoms with van der Waals surface area (Å²) >= 11 is 12.3. The molecule has 19 heavy (non-hydrogen) atoms. The first-order chi connectivity index (χ1) is 9.02. The van der Waals surface area contributed by atoms with Gasteiger partial charge in [-0.15, -0.1) is 11.6 Å². The minimum absolute atomic E-state index is 0.00194. The molecule has 0 bridgehead atoms. The third-order valence-corrected chi connectivity index (χ3v) is 4.41. The zero-order valence-electron chi connectivity index (χ0n) is 11.6. The largest absolute Gasteiger partial charge is 0.488 e. The van der Waals surface area contributed by atoms with Gasteiger partial charge in [0, 0.05) is 18.1 Å². The van der Waals surface area contributed by atoms with Crippen molar-refractivity contribution >= 4 is 23.2 Å². The van der Waals surface area contributed by atoms with Gasteiger partial charge in [-0.1, -0.05) is 18.5 Å². The minimum atomic E-state index is -0.00194. The van der Waals surface area contributed by atoms with E-state index in [2.05, 4.69) is 6.92 Å². The molecule has 106 valence electrons. The molecule has 1 aromatic rings. The molecule has 2 nitrogen and oxygen atoms in total. The average Bonchev–Trinajstić information content (AvgIpc) is 2.35. The van der Waals surface area contributed by atoms with Crippen molar-refractivity contribution in [2.45, 2.75) is 51.2 Å². The third-order valence-electron chi connectivity index (χ3n) is 3.39. The van der Waals surface area contributed by atoms with E-state index in [4.69, 9.17) is 32.7 Å². The number of alkyl halides is 1. The van der Waals surface area contributed by atoms with E-state index in [9.17, 15) is 0 Å². The molecule has 1 aliphatic rings. The van der Waals surface area contributed by atoms with Crippen LogP contribution in [0.5, 0.6) is 5.75 Å². The van der Waals surface area contributed by atoms with Crippen molar-refractivity contribution in [2.24, 2.45) is 0 Å². The summed E-state index contributed by atoms with van der Waals surface area (Å²) in [4.78, 5) is 0. The molecule has 4 heteroatoms. The Labute approximate surface area is 125 Å². The Bertz CT molecular complexity index is 425. The van der Waals surface area contributed by atoms with Gasteiger partial charge in [-0.3, -0.25) is 0 Å². The second-order valence-electron chi connectivity index (χ2n) is 5.11. The molecule has 1 aromatic carbocycles. The van der Waals surface area contributed by atoms with Crippen molar-refractivity contribution in [2.75, 3.05) is 6.61 Å². The number of ether oxygens (including phenoxy) is 2. The molecular weight excluding hydrogens is 283 g/mol. The predicted octanol–water partition coefficient (Wildman–Crippen LogP) is 4.51. The van der Waals surface area contributed by atoms with Gasteiger partial charge in [0.15, 0.2) is 0 Å². The van der Waals surface area contributed by atoms with Gasteiger partial charge in [0.05, 0.1) is 5.38 Å². The van der Waals surface area contributed by atoms with Crippen molar-refractivity contribution in [1.82, 2.24) is 0 Å². The molecule has 0 radical (unpaired) electrons. The highest BCUT2D eigenvalue weighted by molar-refractivity contribution is 6.32. The Morgan fingerprint density at radius 1 is 1.26 bits per heavy atom. The van der Waals surface area contributed by atoms with E-state index in [1.165, 1.54) is 0 Å². The zero-order valence-corrected chi connectivity index (χ0v) is 13.1. The summed E-state index contributed by atoms with van der Waals surface area (Å²) in [5, 5.41) is 0.862. The van der Waals surface area contributed by atoms with Crippen LogP contribution in [0, 0.1) is 13.8 Å². The number of rotatable bonds is 5. The lowest BCUT2D eigenvalue weighted by Crippen LogP contribution is -2.52. The molecule has 3 unspecified atom stereocenters. The lowest BCUT2D eigenvalue weighted by atomic mass is 9.91. The van der Waals surface area contributed by atoms with Crippen LogP contribution in [0.4, 0.5) is 0 Å². The summed E-state index contributed by atoms with van der Waals surface area (Å²) in [6.45, 7) is 6.78. The molecule has 1 saturated carbocycles. The van der Waals surface area contributed by atoms with Gasteiger partial charge in [0.1, 0.15) is 18.0 Å². The highest BCUT2D eigenvalue weighted by Gasteiger charge is 2.42. The molecule has 1 fully saturated rings. The molecule has 0 aliphatic heterocycles. The smallest absolute Gasteiger partial charge is 0.128 e. The number of hydrogen-bond acceptors (Lipinski definition) is 2. The quantitative estimate of drug-likeness (QED) is 0.745. The third kappa shape index (κ3) is 3.36. The molecule has 0 spiro atoms. The van der Waals surface area contributed by atoms with Crippen LogP contribution in [-0.2, 0) is 4.74 Å². The maximum atomic E-state index is 6.17. The van der Waals surface area contributed by atoms with Gasteiger partial charge in [0.2, 0.25) is 0 Å². The summed E-state index contributed by atoms with van der Waals surface area (Å²) in [6.07, 6.45) is 1.87. The number of aryl methyl sites for hydroxylation is 2. The van der Waals surface area contributed by atoms with Crippen LogP contribution in [0.3, 0.4) is 0 Å². The highest BCUT2D eigenvalue weighted by atomic mass is 35.5.